The molecule has 0 saturated carbocycles. The van der Waals surface area contributed by atoms with Gasteiger partial charge in [-0.1, -0.05) is 6.58 Å². The number of amides is 1. The Hall–Kier alpha value is -1.45. The molecule has 0 N–H and O–H groups in total. The van der Waals surface area contributed by atoms with Gasteiger partial charge in [0.1, 0.15) is 0 Å². The van der Waals surface area contributed by atoms with E-state index in [2.05, 4.69) is 11.6 Å². The SMILES string of the molecule is C=CC(=O)OCCCCCC=NC=O. The fourth-order valence-corrected chi connectivity index (χ4v) is 0.864. The average Bonchev–Trinajstić information content (AvgIpc) is 2.21. The van der Waals surface area contributed by atoms with Crippen LogP contribution in [-0.2, 0) is 14.3 Å². The lowest BCUT2D eigenvalue weighted by Gasteiger charge is -2.00. The van der Waals surface area contributed by atoms with Gasteiger partial charge in [0, 0.05) is 12.3 Å². The lowest BCUT2D eigenvalue weighted by Crippen LogP contribution is -2.01. The van der Waals surface area contributed by atoms with Crippen LogP contribution in [0.15, 0.2) is 17.6 Å². The summed E-state index contributed by atoms with van der Waals surface area (Å²) in [7, 11) is 0. The van der Waals surface area contributed by atoms with E-state index in [0.717, 1.165) is 31.8 Å². The van der Waals surface area contributed by atoms with E-state index in [4.69, 9.17) is 4.74 Å². The van der Waals surface area contributed by atoms with Gasteiger partial charge in [0.2, 0.25) is 6.41 Å². The molecule has 78 valence electrons. The van der Waals surface area contributed by atoms with Gasteiger partial charge >= 0.3 is 5.97 Å². The van der Waals surface area contributed by atoms with Crippen molar-refractivity contribution in [1.29, 1.82) is 0 Å². The maximum Gasteiger partial charge on any atom is 0.330 e. The molecule has 0 aromatic heterocycles. The van der Waals surface area contributed by atoms with Gasteiger partial charge in [-0.15, -0.1) is 0 Å². The summed E-state index contributed by atoms with van der Waals surface area (Å²) >= 11 is 0. The smallest absolute Gasteiger partial charge is 0.330 e. The van der Waals surface area contributed by atoms with Crippen molar-refractivity contribution in [1.82, 2.24) is 0 Å². The van der Waals surface area contributed by atoms with Crippen molar-refractivity contribution in [3.63, 3.8) is 0 Å². The molecule has 0 bridgehead atoms. The zero-order valence-electron chi connectivity index (χ0n) is 8.15. The summed E-state index contributed by atoms with van der Waals surface area (Å²) < 4.78 is 4.77. The molecule has 1 amide bonds. The summed E-state index contributed by atoms with van der Waals surface area (Å²) in [5.41, 5.74) is 0. The van der Waals surface area contributed by atoms with Crippen LogP contribution in [0.1, 0.15) is 25.7 Å². The Morgan fingerprint density at radius 3 is 2.79 bits per heavy atom. The maximum absolute atomic E-state index is 10.6. The molecule has 0 spiro atoms. The Labute approximate surface area is 83.7 Å². The van der Waals surface area contributed by atoms with Crippen LogP contribution in [0.3, 0.4) is 0 Å². The highest BCUT2D eigenvalue weighted by atomic mass is 16.5. The maximum atomic E-state index is 10.6. The van der Waals surface area contributed by atoms with Gasteiger partial charge in [-0.25, -0.2) is 9.79 Å². The molecule has 0 aromatic carbocycles. The van der Waals surface area contributed by atoms with Crippen molar-refractivity contribution in [2.24, 2.45) is 4.99 Å². The number of unbranched alkanes of at least 4 members (excludes halogenated alkanes) is 3. The first kappa shape index (κ1) is 12.6. The van der Waals surface area contributed by atoms with Crippen LogP contribution in [0.4, 0.5) is 0 Å². The summed E-state index contributed by atoms with van der Waals surface area (Å²) in [4.78, 5) is 23.8. The Morgan fingerprint density at radius 1 is 1.36 bits per heavy atom. The minimum atomic E-state index is -0.382. The van der Waals surface area contributed by atoms with Crippen LogP contribution >= 0.6 is 0 Å². The van der Waals surface area contributed by atoms with Crippen molar-refractivity contribution in [2.75, 3.05) is 6.61 Å². The number of carbonyl (C=O) groups is 2. The van der Waals surface area contributed by atoms with Crippen molar-refractivity contribution in [3.8, 4) is 0 Å². The predicted octanol–water partition coefficient (Wildman–Crippen LogP) is 1.50. The second-order valence-electron chi connectivity index (χ2n) is 2.66. The molecule has 0 unspecified atom stereocenters. The zero-order valence-corrected chi connectivity index (χ0v) is 8.15. The van der Waals surface area contributed by atoms with E-state index in [1.807, 2.05) is 0 Å². The number of esters is 1. The minimum Gasteiger partial charge on any atom is -0.463 e. The molecule has 4 heteroatoms. The standard InChI is InChI=1S/C10H15NO3/c1-2-10(13)14-8-6-4-3-5-7-11-9-12/h2,7,9H,1,3-6,8H2. The summed E-state index contributed by atoms with van der Waals surface area (Å²) in [6.07, 6.45) is 6.77. The van der Waals surface area contributed by atoms with Gasteiger partial charge in [-0.3, -0.25) is 4.79 Å². The molecule has 0 aromatic rings. The largest absolute Gasteiger partial charge is 0.463 e. The van der Waals surface area contributed by atoms with Gasteiger partial charge in [-0.2, -0.15) is 0 Å². The molecular weight excluding hydrogens is 182 g/mol. The van der Waals surface area contributed by atoms with Gasteiger partial charge in [0.25, 0.3) is 0 Å². The van der Waals surface area contributed by atoms with Crippen LogP contribution < -0.4 is 0 Å². The average molecular weight is 197 g/mol. The van der Waals surface area contributed by atoms with Gasteiger partial charge in [-0.05, 0) is 25.7 Å². The van der Waals surface area contributed by atoms with Gasteiger partial charge < -0.3 is 4.74 Å². The summed E-state index contributed by atoms with van der Waals surface area (Å²) in [5.74, 6) is -0.382. The molecule has 0 fully saturated rings. The monoisotopic (exact) mass is 197 g/mol. The second-order valence-corrected chi connectivity index (χ2v) is 2.66. The Morgan fingerprint density at radius 2 is 2.14 bits per heavy atom. The number of hydrogen-bond donors (Lipinski definition) is 0. The third-order valence-electron chi connectivity index (χ3n) is 1.55. The molecule has 0 atom stereocenters. The molecule has 0 aliphatic rings. The minimum absolute atomic E-state index is 0.382. The number of hydrogen-bond acceptors (Lipinski definition) is 3. The Bertz CT molecular complexity index is 211. The zero-order chi connectivity index (χ0) is 10.6. The highest BCUT2D eigenvalue weighted by Gasteiger charge is 1.94. The Kier molecular flexibility index (Phi) is 8.64. The van der Waals surface area contributed by atoms with E-state index >= 15 is 0 Å². The summed E-state index contributed by atoms with van der Waals surface area (Å²) in [5, 5.41) is 0. The van der Waals surface area contributed by atoms with E-state index in [-0.39, 0.29) is 5.97 Å². The molecule has 0 aliphatic heterocycles. The molecule has 0 heterocycles. The van der Waals surface area contributed by atoms with Crippen LogP contribution in [0.2, 0.25) is 0 Å². The normalized spacial score (nSPS) is 10.0. The fraction of sp³-hybridized carbons (Fsp3) is 0.500. The van der Waals surface area contributed by atoms with Crippen molar-refractivity contribution in [3.05, 3.63) is 12.7 Å². The topological polar surface area (TPSA) is 55.7 Å². The number of aliphatic imine (C=N–C) groups is 1. The molecular formula is C10H15NO3. The molecule has 4 nitrogen and oxygen atoms in total. The number of rotatable bonds is 8. The third-order valence-corrected chi connectivity index (χ3v) is 1.55. The first-order valence-electron chi connectivity index (χ1n) is 4.55. The van der Waals surface area contributed by atoms with E-state index in [0.29, 0.717) is 13.0 Å². The highest BCUT2D eigenvalue weighted by molar-refractivity contribution is 5.81. The van der Waals surface area contributed by atoms with Crippen LogP contribution in [0.5, 0.6) is 0 Å². The Balaban J connectivity index is 3.13. The molecule has 0 saturated heterocycles. The van der Waals surface area contributed by atoms with Gasteiger partial charge in [0.15, 0.2) is 0 Å². The first-order chi connectivity index (χ1) is 6.81. The lowest BCUT2D eigenvalue weighted by atomic mass is 10.2. The second kappa shape index (κ2) is 9.64. The quantitative estimate of drug-likeness (QED) is 0.195. The van der Waals surface area contributed by atoms with Crippen molar-refractivity contribution >= 4 is 18.6 Å². The van der Waals surface area contributed by atoms with Crippen molar-refractivity contribution < 1.29 is 14.3 Å². The van der Waals surface area contributed by atoms with Gasteiger partial charge in [0.05, 0.1) is 6.61 Å². The van der Waals surface area contributed by atoms with Crippen LogP contribution in [0.25, 0.3) is 0 Å². The number of ether oxygens (including phenoxy) is 1. The van der Waals surface area contributed by atoms with E-state index < -0.39 is 0 Å². The molecule has 14 heavy (non-hydrogen) atoms. The number of carbonyl (C=O) groups excluding carboxylic acids is 2. The lowest BCUT2D eigenvalue weighted by molar-refractivity contribution is -0.137. The van der Waals surface area contributed by atoms with Crippen LogP contribution in [-0.4, -0.2) is 25.2 Å². The molecule has 0 radical (unpaired) electrons. The summed E-state index contributed by atoms with van der Waals surface area (Å²) in [6, 6.07) is 0. The highest BCUT2D eigenvalue weighted by Crippen LogP contribution is 1.98. The number of nitrogens with zero attached hydrogens (tertiary/aromatic N) is 1. The molecule has 0 rings (SSSR count). The fourth-order valence-electron chi connectivity index (χ4n) is 0.864. The first-order valence-corrected chi connectivity index (χ1v) is 4.55. The molecule has 0 aliphatic carbocycles. The summed E-state index contributed by atoms with van der Waals surface area (Å²) in [6.45, 7) is 3.71. The van der Waals surface area contributed by atoms with Crippen LogP contribution in [0, 0.1) is 0 Å². The third kappa shape index (κ3) is 8.64. The predicted molar refractivity (Wildman–Crippen MR) is 54.2 cm³/mol. The van der Waals surface area contributed by atoms with Crippen molar-refractivity contribution in [2.45, 2.75) is 25.7 Å². The van der Waals surface area contributed by atoms with E-state index in [1.54, 1.807) is 6.21 Å². The van der Waals surface area contributed by atoms with E-state index in [9.17, 15) is 9.59 Å². The van der Waals surface area contributed by atoms with E-state index in [1.165, 1.54) is 0 Å².